The van der Waals surface area contributed by atoms with Crippen LogP contribution in [0.25, 0.3) is 0 Å². The number of esters is 1. The molecule has 0 aromatic heterocycles. The zero-order valence-electron chi connectivity index (χ0n) is 12.2. The Bertz CT molecular complexity index is 763. The Morgan fingerprint density at radius 1 is 1.50 bits per heavy atom. The number of halogens is 1. The first-order chi connectivity index (χ1) is 11.3. The van der Waals surface area contributed by atoms with Gasteiger partial charge in [-0.25, -0.2) is 0 Å². The maximum atomic E-state index is 11.8. The number of anilines is 1. The zero-order valence-corrected chi connectivity index (χ0v) is 13.0. The molecule has 1 unspecified atom stereocenters. The van der Waals surface area contributed by atoms with Gasteiger partial charge in [-0.15, -0.1) is 0 Å². The highest BCUT2D eigenvalue weighted by atomic mass is 35.5. The smallest absolute Gasteiger partial charge is 0.324 e. The molecule has 1 aromatic rings. The molecule has 1 aromatic carbocycles. The third-order valence-electron chi connectivity index (χ3n) is 2.98. The number of rotatable bonds is 5. The van der Waals surface area contributed by atoms with Gasteiger partial charge in [-0.3, -0.25) is 29.9 Å². The largest absolute Gasteiger partial charge is 0.465 e. The first-order valence-corrected chi connectivity index (χ1v) is 7.02. The van der Waals surface area contributed by atoms with Gasteiger partial charge in [0.25, 0.3) is 11.6 Å². The molecule has 0 aliphatic carbocycles. The molecule has 11 heteroatoms. The quantitative estimate of drug-likeness (QED) is 0.262. The summed E-state index contributed by atoms with van der Waals surface area (Å²) in [6, 6.07) is 3.78. The second-order valence-electron chi connectivity index (χ2n) is 4.53. The molecule has 1 heterocycles. The van der Waals surface area contributed by atoms with E-state index >= 15 is 0 Å². The lowest BCUT2D eigenvalue weighted by molar-refractivity contribution is -0.383. The van der Waals surface area contributed by atoms with E-state index < -0.39 is 28.5 Å². The van der Waals surface area contributed by atoms with E-state index in [-0.39, 0.29) is 28.8 Å². The minimum Gasteiger partial charge on any atom is -0.465 e. The van der Waals surface area contributed by atoms with Gasteiger partial charge in [-0.2, -0.15) is 5.10 Å². The molecule has 126 valence electrons. The van der Waals surface area contributed by atoms with Gasteiger partial charge in [0.2, 0.25) is 5.78 Å². The SMILES string of the molecule is CCOC(=O)C1C(=O)C(=O)N/C1=N/Nc1ccc(Cl)cc1[N+](=O)[O-]. The van der Waals surface area contributed by atoms with Gasteiger partial charge >= 0.3 is 5.97 Å². The Kier molecular flexibility index (Phi) is 5.09. The Morgan fingerprint density at radius 2 is 2.21 bits per heavy atom. The average molecular weight is 355 g/mol. The highest BCUT2D eigenvalue weighted by Gasteiger charge is 2.44. The summed E-state index contributed by atoms with van der Waals surface area (Å²) in [5, 5.41) is 17.0. The number of nitrogens with one attached hydrogen (secondary N) is 2. The first kappa shape index (κ1) is 17.3. The van der Waals surface area contributed by atoms with Crippen molar-refractivity contribution >= 4 is 46.5 Å². The number of Topliss-reactive ketones (excluding diaryl/α,β-unsaturated/α-hetero) is 1. The third-order valence-corrected chi connectivity index (χ3v) is 3.21. The Labute approximate surface area is 139 Å². The molecule has 1 amide bonds. The highest BCUT2D eigenvalue weighted by molar-refractivity contribution is 6.53. The average Bonchev–Trinajstić information content (AvgIpc) is 2.81. The predicted molar refractivity (Wildman–Crippen MR) is 82.4 cm³/mol. The molecular weight excluding hydrogens is 344 g/mol. The summed E-state index contributed by atoms with van der Waals surface area (Å²) in [5.41, 5.74) is 1.95. The van der Waals surface area contributed by atoms with Crippen molar-refractivity contribution in [1.29, 1.82) is 0 Å². The summed E-state index contributed by atoms with van der Waals surface area (Å²) in [7, 11) is 0. The van der Waals surface area contributed by atoms with Crippen LogP contribution in [0.3, 0.4) is 0 Å². The summed E-state index contributed by atoms with van der Waals surface area (Å²) >= 11 is 5.69. The van der Waals surface area contributed by atoms with Crippen LogP contribution in [0.15, 0.2) is 23.3 Å². The number of amidine groups is 1. The van der Waals surface area contributed by atoms with Crippen molar-refractivity contribution in [3.05, 3.63) is 33.3 Å². The molecule has 0 spiro atoms. The molecular formula is C13H11ClN4O6. The number of ether oxygens (including phenoxy) is 1. The van der Waals surface area contributed by atoms with E-state index in [2.05, 4.69) is 15.8 Å². The third kappa shape index (κ3) is 3.49. The first-order valence-electron chi connectivity index (χ1n) is 6.64. The van der Waals surface area contributed by atoms with Crippen molar-refractivity contribution in [2.45, 2.75) is 6.92 Å². The van der Waals surface area contributed by atoms with E-state index in [1.165, 1.54) is 12.1 Å². The Balaban J connectivity index is 2.30. The van der Waals surface area contributed by atoms with Crippen LogP contribution in [0.5, 0.6) is 0 Å². The molecule has 2 rings (SSSR count). The number of hydrazone groups is 1. The van der Waals surface area contributed by atoms with Crippen molar-refractivity contribution in [1.82, 2.24) is 5.32 Å². The number of carbonyl (C=O) groups is 3. The molecule has 0 saturated carbocycles. The maximum Gasteiger partial charge on any atom is 0.324 e. The van der Waals surface area contributed by atoms with Crippen LogP contribution in [-0.4, -0.2) is 35.0 Å². The van der Waals surface area contributed by atoms with Crippen molar-refractivity contribution < 1.29 is 24.0 Å². The van der Waals surface area contributed by atoms with Crippen molar-refractivity contribution in [3.63, 3.8) is 0 Å². The van der Waals surface area contributed by atoms with Crippen LogP contribution in [-0.2, 0) is 19.1 Å². The lowest BCUT2D eigenvalue weighted by Crippen LogP contribution is -2.30. The summed E-state index contributed by atoms with van der Waals surface area (Å²) in [6.45, 7) is 1.55. The second-order valence-corrected chi connectivity index (χ2v) is 4.97. The van der Waals surface area contributed by atoms with E-state index in [0.717, 1.165) is 6.07 Å². The fourth-order valence-electron chi connectivity index (χ4n) is 1.91. The minimum absolute atomic E-state index is 0.0141. The normalized spacial score (nSPS) is 18.4. The van der Waals surface area contributed by atoms with Crippen LogP contribution in [0.4, 0.5) is 11.4 Å². The topological polar surface area (TPSA) is 140 Å². The number of benzene rings is 1. The van der Waals surface area contributed by atoms with Crippen LogP contribution in [0.2, 0.25) is 5.02 Å². The maximum absolute atomic E-state index is 11.8. The summed E-state index contributed by atoms with van der Waals surface area (Å²) in [6.07, 6.45) is 0. The summed E-state index contributed by atoms with van der Waals surface area (Å²) < 4.78 is 4.72. The lowest BCUT2D eigenvalue weighted by atomic mass is 10.1. The van der Waals surface area contributed by atoms with Gasteiger partial charge < -0.3 is 10.1 Å². The van der Waals surface area contributed by atoms with Crippen LogP contribution in [0.1, 0.15) is 6.92 Å². The van der Waals surface area contributed by atoms with Gasteiger partial charge in [-0.1, -0.05) is 11.6 Å². The molecule has 1 fully saturated rings. The predicted octanol–water partition coefficient (Wildman–Crippen LogP) is 0.852. The molecule has 2 N–H and O–H groups in total. The fourth-order valence-corrected chi connectivity index (χ4v) is 2.08. The van der Waals surface area contributed by atoms with E-state index in [9.17, 15) is 24.5 Å². The van der Waals surface area contributed by atoms with E-state index in [4.69, 9.17) is 16.3 Å². The van der Waals surface area contributed by atoms with E-state index in [1.807, 2.05) is 0 Å². The van der Waals surface area contributed by atoms with E-state index in [1.54, 1.807) is 6.92 Å². The lowest BCUT2D eigenvalue weighted by Gasteiger charge is -2.08. The second kappa shape index (κ2) is 7.04. The number of nitrogens with zero attached hydrogens (tertiary/aromatic N) is 2. The standard InChI is InChI=1S/C13H11ClN4O6/c1-2-24-13(21)9-10(19)12(20)15-11(9)17-16-7-4-3-6(14)5-8(7)18(22)23/h3-5,9,16H,2H2,1H3,(H,15,17,20). The van der Waals surface area contributed by atoms with Crippen molar-refractivity contribution in [3.8, 4) is 0 Å². The Hall–Kier alpha value is -3.01. The number of nitro benzene ring substituents is 1. The van der Waals surface area contributed by atoms with Gasteiger partial charge in [0, 0.05) is 11.1 Å². The van der Waals surface area contributed by atoms with Gasteiger partial charge in [0.15, 0.2) is 11.8 Å². The van der Waals surface area contributed by atoms with Crippen LogP contribution >= 0.6 is 11.6 Å². The van der Waals surface area contributed by atoms with Gasteiger partial charge in [0.05, 0.1) is 11.5 Å². The number of carbonyl (C=O) groups excluding carboxylic acids is 3. The monoisotopic (exact) mass is 354 g/mol. The van der Waals surface area contributed by atoms with Crippen LogP contribution < -0.4 is 10.7 Å². The number of hydrogen-bond acceptors (Lipinski definition) is 8. The zero-order chi connectivity index (χ0) is 17.9. The summed E-state index contributed by atoms with van der Waals surface area (Å²) in [5.74, 6) is -4.80. The molecule has 1 saturated heterocycles. The number of nitro groups is 1. The van der Waals surface area contributed by atoms with E-state index in [0.29, 0.717) is 0 Å². The van der Waals surface area contributed by atoms with Gasteiger partial charge in [0.1, 0.15) is 5.69 Å². The molecule has 1 atom stereocenters. The van der Waals surface area contributed by atoms with Crippen LogP contribution in [0, 0.1) is 16.0 Å². The van der Waals surface area contributed by atoms with Crippen molar-refractivity contribution in [2.75, 3.05) is 12.0 Å². The van der Waals surface area contributed by atoms with Gasteiger partial charge in [-0.05, 0) is 19.1 Å². The number of ketones is 1. The molecule has 1 aliphatic rings. The van der Waals surface area contributed by atoms with Crippen molar-refractivity contribution in [2.24, 2.45) is 11.0 Å². The Morgan fingerprint density at radius 3 is 2.83 bits per heavy atom. The molecule has 24 heavy (non-hydrogen) atoms. The fraction of sp³-hybridized carbons (Fsp3) is 0.231. The molecule has 1 aliphatic heterocycles. The molecule has 0 bridgehead atoms. The molecule has 10 nitrogen and oxygen atoms in total. The highest BCUT2D eigenvalue weighted by Crippen LogP contribution is 2.28. The summed E-state index contributed by atoms with van der Waals surface area (Å²) in [4.78, 5) is 45.2. The molecule has 0 radical (unpaired) electrons. The minimum atomic E-state index is -1.53. The number of amides is 1. The number of hydrogen-bond donors (Lipinski definition) is 2.